The van der Waals surface area contributed by atoms with E-state index in [9.17, 15) is 4.79 Å². The number of aromatic amines is 1. The zero-order valence-corrected chi connectivity index (χ0v) is 11.0. The zero-order chi connectivity index (χ0) is 13.1. The number of hydrogen-bond donors (Lipinski definition) is 3. The Hall–Kier alpha value is -1.96. The molecule has 2 rings (SSSR count). The molecule has 1 amide bonds. The lowest BCUT2D eigenvalue weighted by atomic mass is 10.2. The predicted octanol–water partition coefficient (Wildman–Crippen LogP) is 1.36. The monoisotopic (exact) mass is 266 g/mol. The molecular formula is C10H14N6OS. The Morgan fingerprint density at radius 3 is 2.94 bits per heavy atom. The number of amides is 1. The summed E-state index contributed by atoms with van der Waals surface area (Å²) in [6.45, 7) is 3.79. The number of carbonyl (C=O) groups excluding carboxylic acids is 1. The molecule has 0 bridgehead atoms. The van der Waals surface area contributed by atoms with Gasteiger partial charge in [-0.2, -0.15) is 9.47 Å². The Morgan fingerprint density at radius 1 is 1.56 bits per heavy atom. The van der Waals surface area contributed by atoms with Crippen molar-refractivity contribution in [1.82, 2.24) is 19.6 Å². The number of nitrogen functional groups attached to an aromatic ring is 1. The van der Waals surface area contributed by atoms with Crippen molar-refractivity contribution in [2.24, 2.45) is 0 Å². The maximum Gasteiger partial charge on any atom is 0.280 e. The molecular weight excluding hydrogens is 252 g/mol. The number of H-pyrrole nitrogens is 1. The van der Waals surface area contributed by atoms with E-state index in [0.29, 0.717) is 16.6 Å². The first-order valence-electron chi connectivity index (χ1n) is 5.56. The first kappa shape index (κ1) is 12.5. The van der Waals surface area contributed by atoms with E-state index in [1.165, 1.54) is 0 Å². The highest BCUT2D eigenvalue weighted by atomic mass is 32.1. The topological polar surface area (TPSA) is 110 Å². The van der Waals surface area contributed by atoms with Gasteiger partial charge in [-0.15, -0.1) is 0 Å². The second-order valence-electron chi connectivity index (χ2n) is 3.82. The van der Waals surface area contributed by atoms with E-state index in [0.717, 1.165) is 30.1 Å². The first-order valence-corrected chi connectivity index (χ1v) is 6.33. The normalized spacial score (nSPS) is 10.6. The Balaban J connectivity index is 2.14. The van der Waals surface area contributed by atoms with Gasteiger partial charge in [-0.05, 0) is 13.3 Å². The number of nitrogens with two attached hydrogens (primary N) is 1. The summed E-state index contributed by atoms with van der Waals surface area (Å²) in [4.78, 5) is 16.0. The average Bonchev–Trinajstić information content (AvgIpc) is 2.87. The molecule has 4 N–H and O–H groups in total. The molecule has 2 aromatic heterocycles. The Kier molecular flexibility index (Phi) is 3.56. The summed E-state index contributed by atoms with van der Waals surface area (Å²) in [5.74, 6) is 0.249. The van der Waals surface area contributed by atoms with Crippen molar-refractivity contribution in [1.29, 1.82) is 0 Å². The molecule has 0 atom stereocenters. The third-order valence-corrected chi connectivity index (χ3v) is 3.07. The number of nitrogens with one attached hydrogen (secondary N) is 2. The van der Waals surface area contributed by atoms with Gasteiger partial charge in [0.15, 0.2) is 5.69 Å². The van der Waals surface area contributed by atoms with E-state index in [-0.39, 0.29) is 11.6 Å². The van der Waals surface area contributed by atoms with Crippen LogP contribution in [-0.2, 0) is 6.42 Å². The summed E-state index contributed by atoms with van der Waals surface area (Å²) < 4.78 is 3.98. The minimum atomic E-state index is -0.373. The van der Waals surface area contributed by atoms with Crippen molar-refractivity contribution < 1.29 is 4.79 Å². The van der Waals surface area contributed by atoms with Crippen molar-refractivity contribution in [3.63, 3.8) is 0 Å². The Bertz CT molecular complexity index is 560. The summed E-state index contributed by atoms with van der Waals surface area (Å²) >= 11 is 1.12. The zero-order valence-electron chi connectivity index (χ0n) is 10.1. The molecule has 8 heteroatoms. The number of hydrogen-bond acceptors (Lipinski definition) is 6. The van der Waals surface area contributed by atoms with Crippen LogP contribution in [0.5, 0.6) is 0 Å². The highest BCUT2D eigenvalue weighted by Gasteiger charge is 2.18. The van der Waals surface area contributed by atoms with Gasteiger partial charge < -0.3 is 5.73 Å². The minimum absolute atomic E-state index is 0.200. The van der Waals surface area contributed by atoms with Crippen molar-refractivity contribution in [3.05, 3.63) is 17.2 Å². The van der Waals surface area contributed by atoms with Crippen LogP contribution in [-0.4, -0.2) is 25.5 Å². The molecule has 0 saturated carbocycles. The van der Waals surface area contributed by atoms with E-state index < -0.39 is 0 Å². The van der Waals surface area contributed by atoms with E-state index in [1.54, 1.807) is 6.92 Å². The highest BCUT2D eigenvalue weighted by Crippen LogP contribution is 2.18. The fourth-order valence-corrected chi connectivity index (χ4v) is 2.08. The second kappa shape index (κ2) is 5.13. The maximum atomic E-state index is 11.9. The van der Waals surface area contributed by atoms with E-state index in [2.05, 4.69) is 24.9 Å². The van der Waals surface area contributed by atoms with Crippen LogP contribution < -0.4 is 11.1 Å². The summed E-state index contributed by atoms with van der Waals surface area (Å²) in [5, 5.41) is 9.77. The lowest BCUT2D eigenvalue weighted by Gasteiger charge is -1.99. The molecule has 18 heavy (non-hydrogen) atoms. The molecule has 0 aliphatic heterocycles. The van der Waals surface area contributed by atoms with Crippen LogP contribution in [0.2, 0.25) is 0 Å². The molecule has 0 radical (unpaired) electrons. The fraction of sp³-hybridized carbons (Fsp3) is 0.400. The summed E-state index contributed by atoms with van der Waals surface area (Å²) in [6, 6.07) is 0. The van der Waals surface area contributed by atoms with Gasteiger partial charge in [0.1, 0.15) is 5.82 Å². The van der Waals surface area contributed by atoms with Gasteiger partial charge >= 0.3 is 0 Å². The van der Waals surface area contributed by atoms with Crippen molar-refractivity contribution in [3.8, 4) is 0 Å². The number of aryl methyl sites for hydroxylation is 2. The number of carbonyl (C=O) groups is 1. The Morgan fingerprint density at radius 2 is 2.33 bits per heavy atom. The second-order valence-corrected chi connectivity index (χ2v) is 4.57. The van der Waals surface area contributed by atoms with Gasteiger partial charge in [0.25, 0.3) is 5.91 Å². The molecule has 0 unspecified atom stereocenters. The largest absolute Gasteiger partial charge is 0.395 e. The van der Waals surface area contributed by atoms with Crippen LogP contribution in [0.3, 0.4) is 0 Å². The SMILES string of the molecule is CCCc1[nH]nc(C(=O)Nc2nc(C)ns2)c1N. The minimum Gasteiger partial charge on any atom is -0.395 e. The lowest BCUT2D eigenvalue weighted by Crippen LogP contribution is -2.14. The van der Waals surface area contributed by atoms with Crippen LogP contribution in [0.1, 0.15) is 35.4 Å². The smallest absolute Gasteiger partial charge is 0.280 e. The number of nitrogens with zero attached hydrogens (tertiary/aromatic N) is 3. The quantitative estimate of drug-likeness (QED) is 0.774. The van der Waals surface area contributed by atoms with Crippen molar-refractivity contribution >= 4 is 28.3 Å². The lowest BCUT2D eigenvalue weighted by molar-refractivity contribution is 0.102. The molecule has 2 heterocycles. The van der Waals surface area contributed by atoms with Gasteiger partial charge in [-0.1, -0.05) is 13.3 Å². The molecule has 96 valence electrons. The molecule has 0 fully saturated rings. The number of rotatable bonds is 4. The van der Waals surface area contributed by atoms with Crippen LogP contribution in [0, 0.1) is 6.92 Å². The van der Waals surface area contributed by atoms with Gasteiger partial charge in [0.05, 0.1) is 11.4 Å². The first-order chi connectivity index (χ1) is 8.61. The average molecular weight is 266 g/mol. The summed E-state index contributed by atoms with van der Waals surface area (Å²) in [5.41, 5.74) is 7.25. The van der Waals surface area contributed by atoms with Gasteiger partial charge in [0, 0.05) is 11.5 Å². The third-order valence-electron chi connectivity index (χ3n) is 2.35. The standard InChI is InChI=1S/C10H14N6OS/c1-3-4-6-7(11)8(15-14-6)9(17)13-10-12-5(2)16-18-10/h3-4,11H2,1-2H3,(H,14,15)(H,12,13,16,17). The van der Waals surface area contributed by atoms with Gasteiger partial charge in [-0.25, -0.2) is 4.98 Å². The summed E-state index contributed by atoms with van der Waals surface area (Å²) in [7, 11) is 0. The maximum absolute atomic E-state index is 11.9. The van der Waals surface area contributed by atoms with Crippen molar-refractivity contribution in [2.45, 2.75) is 26.7 Å². The predicted molar refractivity (Wildman–Crippen MR) is 69.6 cm³/mol. The fourth-order valence-electron chi connectivity index (χ4n) is 1.50. The van der Waals surface area contributed by atoms with Crippen LogP contribution in [0.15, 0.2) is 0 Å². The highest BCUT2D eigenvalue weighted by molar-refractivity contribution is 7.09. The van der Waals surface area contributed by atoms with Crippen LogP contribution in [0.25, 0.3) is 0 Å². The summed E-state index contributed by atoms with van der Waals surface area (Å²) in [6.07, 6.45) is 1.70. The number of anilines is 2. The van der Waals surface area contributed by atoms with E-state index in [1.807, 2.05) is 6.92 Å². The van der Waals surface area contributed by atoms with Crippen LogP contribution in [0.4, 0.5) is 10.8 Å². The number of aromatic nitrogens is 4. The molecule has 2 aromatic rings. The van der Waals surface area contributed by atoms with E-state index >= 15 is 0 Å². The third kappa shape index (κ3) is 2.48. The molecule has 0 aliphatic carbocycles. The molecule has 0 saturated heterocycles. The molecule has 7 nitrogen and oxygen atoms in total. The van der Waals surface area contributed by atoms with Gasteiger partial charge in [0.2, 0.25) is 5.13 Å². The Labute approximate surface area is 108 Å². The van der Waals surface area contributed by atoms with Crippen molar-refractivity contribution in [2.75, 3.05) is 11.1 Å². The molecule has 0 aliphatic rings. The van der Waals surface area contributed by atoms with E-state index in [4.69, 9.17) is 5.73 Å². The molecule has 0 spiro atoms. The molecule has 0 aromatic carbocycles. The van der Waals surface area contributed by atoms with Gasteiger partial charge in [-0.3, -0.25) is 15.2 Å². The van der Waals surface area contributed by atoms with Crippen LogP contribution >= 0.6 is 11.5 Å².